The monoisotopic (exact) mass is 306 g/mol. The average Bonchev–Trinajstić information content (AvgIpc) is 2.45. The summed E-state index contributed by atoms with van der Waals surface area (Å²) in [5.74, 6) is -2.33. The van der Waals surface area contributed by atoms with Crippen molar-refractivity contribution >= 4 is 28.6 Å². The van der Waals surface area contributed by atoms with Crippen molar-refractivity contribution in [3.8, 4) is 5.75 Å². The van der Waals surface area contributed by atoms with Crippen molar-refractivity contribution in [2.45, 2.75) is 0 Å². The van der Waals surface area contributed by atoms with Crippen LogP contribution in [-0.2, 0) is 9.59 Å². The number of halogens is 1. The van der Waals surface area contributed by atoms with Gasteiger partial charge in [-0.3, -0.25) is 0 Å². The summed E-state index contributed by atoms with van der Waals surface area (Å²) in [4.78, 5) is 21.4. The van der Waals surface area contributed by atoms with Gasteiger partial charge in [-0.25, -0.2) is 9.59 Å². The summed E-state index contributed by atoms with van der Waals surface area (Å²) in [5.41, 5.74) is 0.660. The Morgan fingerprint density at radius 2 is 1.86 bits per heavy atom. The predicted octanol–water partition coefficient (Wildman–Crippen LogP) is 2.68. The number of benzene rings is 1. The number of carbonyl (C=O) groups is 2. The predicted molar refractivity (Wildman–Crippen MR) is 77.2 cm³/mol. The molecule has 5 nitrogen and oxygen atoms in total. The highest BCUT2D eigenvalue weighted by Gasteiger charge is 2.17. The number of hydrogen-bond donors (Lipinski definition) is 2. The van der Waals surface area contributed by atoms with E-state index in [2.05, 4.69) is 0 Å². The lowest BCUT2D eigenvalue weighted by Crippen LogP contribution is -2.10. The van der Waals surface area contributed by atoms with Crippen LogP contribution in [0.1, 0.15) is 5.56 Å². The van der Waals surface area contributed by atoms with E-state index in [1.54, 1.807) is 12.1 Å². The average molecular weight is 307 g/mol. The Labute approximate surface area is 125 Å². The lowest BCUT2D eigenvalue weighted by molar-refractivity contribution is -0.140. The zero-order valence-corrected chi connectivity index (χ0v) is 11.5. The summed E-state index contributed by atoms with van der Waals surface area (Å²) in [5, 5.41) is 17.9. The molecular formula is C15H11ClO5. The summed E-state index contributed by atoms with van der Waals surface area (Å²) >= 11 is 6.25. The quantitative estimate of drug-likeness (QED) is 0.387. The third-order valence-corrected chi connectivity index (χ3v) is 3.26. The number of rotatable bonds is 4. The number of allylic oxidation sites excluding steroid dienone is 2. The molecule has 0 aromatic heterocycles. The van der Waals surface area contributed by atoms with Crippen molar-refractivity contribution in [3.05, 3.63) is 59.2 Å². The van der Waals surface area contributed by atoms with Crippen LogP contribution in [0.15, 0.2) is 53.6 Å². The van der Waals surface area contributed by atoms with Crippen LogP contribution in [0.2, 0.25) is 0 Å². The number of aliphatic carboxylic acids is 2. The lowest BCUT2D eigenvalue weighted by Gasteiger charge is -2.18. The topological polar surface area (TPSA) is 83.8 Å². The van der Waals surface area contributed by atoms with E-state index in [1.807, 2.05) is 12.1 Å². The molecule has 0 amide bonds. The van der Waals surface area contributed by atoms with Crippen LogP contribution in [0.25, 0.3) is 5.03 Å². The van der Waals surface area contributed by atoms with Gasteiger partial charge < -0.3 is 14.9 Å². The van der Waals surface area contributed by atoms with Gasteiger partial charge in [-0.15, -0.1) is 0 Å². The molecular weight excluding hydrogens is 296 g/mol. The van der Waals surface area contributed by atoms with E-state index < -0.39 is 17.5 Å². The first-order valence-electron chi connectivity index (χ1n) is 5.96. The van der Waals surface area contributed by atoms with Crippen LogP contribution in [0.3, 0.4) is 0 Å². The van der Waals surface area contributed by atoms with Crippen molar-refractivity contribution in [2.24, 2.45) is 0 Å². The molecule has 2 rings (SSSR count). The fourth-order valence-electron chi connectivity index (χ4n) is 1.78. The summed E-state index contributed by atoms with van der Waals surface area (Å²) in [6.45, 7) is 0.232. The molecule has 0 atom stereocenters. The number of fused-ring (bicyclic) bond motifs is 1. The van der Waals surface area contributed by atoms with E-state index in [9.17, 15) is 9.59 Å². The van der Waals surface area contributed by atoms with Gasteiger partial charge in [0.2, 0.25) is 0 Å². The molecule has 0 fully saturated rings. The molecule has 0 spiro atoms. The number of carboxylic acid groups (broad SMARTS) is 2. The van der Waals surface area contributed by atoms with Gasteiger partial charge in [-0.2, -0.15) is 0 Å². The fraction of sp³-hybridized carbons (Fsp3) is 0.0667. The Morgan fingerprint density at radius 3 is 2.52 bits per heavy atom. The molecule has 6 heteroatoms. The summed E-state index contributed by atoms with van der Waals surface area (Å²) in [6, 6.07) is 7.26. The van der Waals surface area contributed by atoms with Crippen molar-refractivity contribution in [2.75, 3.05) is 6.61 Å². The molecule has 0 saturated carbocycles. The minimum atomic E-state index is -1.50. The summed E-state index contributed by atoms with van der Waals surface area (Å²) < 4.78 is 5.51. The van der Waals surface area contributed by atoms with Crippen molar-refractivity contribution < 1.29 is 24.5 Å². The molecule has 1 aromatic carbocycles. The van der Waals surface area contributed by atoms with Gasteiger partial charge >= 0.3 is 11.9 Å². The van der Waals surface area contributed by atoms with Gasteiger partial charge in [0.1, 0.15) is 17.9 Å². The van der Waals surface area contributed by atoms with Crippen molar-refractivity contribution in [3.63, 3.8) is 0 Å². The van der Waals surface area contributed by atoms with E-state index in [0.29, 0.717) is 16.4 Å². The van der Waals surface area contributed by atoms with Gasteiger partial charge in [0.05, 0.1) is 5.03 Å². The Hall–Kier alpha value is -2.53. The molecule has 1 aliphatic heterocycles. The van der Waals surface area contributed by atoms with Gasteiger partial charge in [0.15, 0.2) is 0 Å². The Bertz CT molecular complexity index is 669. The molecule has 0 aliphatic carbocycles. The van der Waals surface area contributed by atoms with E-state index in [-0.39, 0.29) is 6.61 Å². The molecule has 0 unspecified atom stereocenters. The van der Waals surface area contributed by atoms with Gasteiger partial charge in [0, 0.05) is 11.1 Å². The van der Waals surface area contributed by atoms with Gasteiger partial charge in [-0.05, 0) is 18.2 Å². The van der Waals surface area contributed by atoms with E-state index >= 15 is 0 Å². The van der Waals surface area contributed by atoms with Crippen molar-refractivity contribution in [1.29, 1.82) is 0 Å². The third-order valence-electron chi connectivity index (χ3n) is 2.81. The second-order valence-corrected chi connectivity index (χ2v) is 4.55. The maximum Gasteiger partial charge on any atom is 0.343 e. The maximum absolute atomic E-state index is 10.7. The molecule has 2 N–H and O–H groups in total. The lowest BCUT2D eigenvalue weighted by atomic mass is 10.1. The highest BCUT2D eigenvalue weighted by atomic mass is 35.5. The molecule has 1 aromatic rings. The summed E-state index contributed by atoms with van der Waals surface area (Å²) in [7, 11) is 0. The fourth-order valence-corrected chi connectivity index (χ4v) is 2.06. The third kappa shape index (κ3) is 3.32. The highest BCUT2D eigenvalue weighted by Crippen LogP contribution is 2.35. The van der Waals surface area contributed by atoms with Crippen LogP contribution >= 0.6 is 11.6 Å². The van der Waals surface area contributed by atoms with Gasteiger partial charge in [-0.1, -0.05) is 35.9 Å². The van der Waals surface area contributed by atoms with E-state index in [1.165, 1.54) is 12.2 Å². The molecule has 1 heterocycles. The zero-order chi connectivity index (χ0) is 15.4. The molecule has 108 valence electrons. The van der Waals surface area contributed by atoms with Crippen LogP contribution in [0, 0.1) is 0 Å². The Morgan fingerprint density at radius 1 is 1.19 bits per heavy atom. The highest BCUT2D eigenvalue weighted by molar-refractivity contribution is 6.50. The van der Waals surface area contributed by atoms with E-state index in [4.69, 9.17) is 26.6 Å². The largest absolute Gasteiger partial charge is 0.488 e. The number of para-hydroxylation sites is 1. The minimum Gasteiger partial charge on any atom is -0.488 e. The molecule has 0 bridgehead atoms. The number of carboxylic acids is 2. The minimum absolute atomic E-state index is 0.232. The first-order chi connectivity index (χ1) is 10.0. The smallest absolute Gasteiger partial charge is 0.343 e. The Balaban J connectivity index is 2.28. The first kappa shape index (κ1) is 14.9. The van der Waals surface area contributed by atoms with Gasteiger partial charge in [0.25, 0.3) is 0 Å². The second-order valence-electron chi connectivity index (χ2n) is 4.17. The van der Waals surface area contributed by atoms with Crippen LogP contribution in [0.4, 0.5) is 0 Å². The number of hydrogen-bond acceptors (Lipinski definition) is 3. The van der Waals surface area contributed by atoms with Crippen LogP contribution < -0.4 is 4.74 Å². The SMILES string of the molecule is O=C(O)C(=C/C=C/C1=C(Cl)c2ccccc2OC1)C(=O)O. The molecule has 1 aliphatic rings. The summed E-state index contributed by atoms with van der Waals surface area (Å²) in [6.07, 6.45) is 3.86. The van der Waals surface area contributed by atoms with Crippen LogP contribution in [0.5, 0.6) is 5.75 Å². The number of ether oxygens (including phenoxy) is 1. The Kier molecular flexibility index (Phi) is 4.45. The maximum atomic E-state index is 10.7. The van der Waals surface area contributed by atoms with E-state index in [0.717, 1.165) is 11.6 Å². The molecule has 0 radical (unpaired) electrons. The first-order valence-corrected chi connectivity index (χ1v) is 6.34. The molecule has 21 heavy (non-hydrogen) atoms. The van der Waals surface area contributed by atoms with Crippen LogP contribution in [-0.4, -0.2) is 28.8 Å². The standard InChI is InChI=1S/C15H11ClO5/c16-13-9(4-3-6-11(14(17)18)15(19)20)8-21-12-7-2-1-5-10(12)13/h1-7H,8H2,(H,17,18)(H,19,20)/b4-3+. The normalized spacial score (nSPS) is 13.6. The van der Waals surface area contributed by atoms with Crippen molar-refractivity contribution in [1.82, 2.24) is 0 Å². The zero-order valence-electron chi connectivity index (χ0n) is 10.7. The molecule has 0 saturated heterocycles. The second kappa shape index (κ2) is 6.28.